The van der Waals surface area contributed by atoms with Crippen LogP contribution in [-0.2, 0) is 4.74 Å². The molecule has 5 nitrogen and oxygen atoms in total. The summed E-state index contributed by atoms with van der Waals surface area (Å²) < 4.78 is 4.68. The lowest BCUT2D eigenvalue weighted by molar-refractivity contribution is 0.0607. The summed E-state index contributed by atoms with van der Waals surface area (Å²) in [6, 6.07) is 0. The van der Waals surface area contributed by atoms with Crippen molar-refractivity contribution in [3.8, 4) is 0 Å². The highest BCUT2D eigenvalue weighted by Gasteiger charge is 2.20. The van der Waals surface area contributed by atoms with Crippen LogP contribution in [0.15, 0.2) is 0 Å². The number of esters is 1. The van der Waals surface area contributed by atoms with Gasteiger partial charge in [0, 0.05) is 13.1 Å². The summed E-state index contributed by atoms with van der Waals surface area (Å²) in [5, 5.41) is 0.838. The van der Waals surface area contributed by atoms with Crippen LogP contribution in [0.5, 0.6) is 0 Å². The van der Waals surface area contributed by atoms with Gasteiger partial charge in [-0.05, 0) is 12.8 Å². The Morgan fingerprint density at radius 2 is 2.00 bits per heavy atom. The third-order valence-electron chi connectivity index (χ3n) is 2.89. The molecule has 0 aromatic carbocycles. The lowest BCUT2D eigenvalue weighted by atomic mass is 10.2. The van der Waals surface area contributed by atoms with Gasteiger partial charge in [-0.2, -0.15) is 0 Å². The highest BCUT2D eigenvalue weighted by Crippen LogP contribution is 2.30. The molecule has 1 aromatic heterocycles. The fourth-order valence-corrected chi connectivity index (χ4v) is 2.91. The summed E-state index contributed by atoms with van der Waals surface area (Å²) in [6.07, 6.45) is 4.88. The molecule has 0 spiro atoms. The van der Waals surface area contributed by atoms with E-state index in [1.54, 1.807) is 0 Å². The normalized spacial score (nSPS) is 16.6. The predicted molar refractivity (Wildman–Crippen MR) is 68.5 cm³/mol. The first-order valence-corrected chi connectivity index (χ1v) is 6.63. The maximum absolute atomic E-state index is 11.4. The molecular formula is C11H17N3O2S. The second-order valence-electron chi connectivity index (χ2n) is 4.10. The van der Waals surface area contributed by atoms with Crippen molar-refractivity contribution in [2.45, 2.75) is 25.7 Å². The van der Waals surface area contributed by atoms with Crippen molar-refractivity contribution in [3.05, 3.63) is 4.88 Å². The number of anilines is 2. The molecule has 1 aliphatic rings. The van der Waals surface area contributed by atoms with E-state index in [0.29, 0.717) is 4.88 Å². The van der Waals surface area contributed by atoms with Gasteiger partial charge in [-0.3, -0.25) is 0 Å². The number of hydrogen-bond acceptors (Lipinski definition) is 6. The van der Waals surface area contributed by atoms with Crippen LogP contribution in [0, 0.1) is 0 Å². The van der Waals surface area contributed by atoms with E-state index in [2.05, 4.69) is 14.6 Å². The van der Waals surface area contributed by atoms with Crippen molar-refractivity contribution < 1.29 is 9.53 Å². The van der Waals surface area contributed by atoms with Crippen LogP contribution in [0.4, 0.5) is 10.9 Å². The zero-order chi connectivity index (χ0) is 12.3. The first-order valence-electron chi connectivity index (χ1n) is 5.82. The minimum absolute atomic E-state index is 0.279. The number of carbonyl (C=O) groups is 1. The van der Waals surface area contributed by atoms with Gasteiger partial charge in [0.1, 0.15) is 0 Å². The van der Waals surface area contributed by atoms with Crippen LogP contribution in [0.1, 0.15) is 35.4 Å². The Bertz CT molecular complexity index is 397. The van der Waals surface area contributed by atoms with E-state index in [0.717, 1.165) is 18.2 Å². The molecule has 0 bridgehead atoms. The zero-order valence-corrected chi connectivity index (χ0v) is 10.8. The topological polar surface area (TPSA) is 68.5 Å². The molecule has 2 N–H and O–H groups in total. The van der Waals surface area contributed by atoms with E-state index in [1.165, 1.54) is 44.1 Å². The summed E-state index contributed by atoms with van der Waals surface area (Å²) in [5.41, 5.74) is 5.74. The minimum atomic E-state index is -0.402. The van der Waals surface area contributed by atoms with Crippen molar-refractivity contribution in [1.82, 2.24) is 4.98 Å². The van der Waals surface area contributed by atoms with Gasteiger partial charge in [0.2, 0.25) is 0 Å². The fourth-order valence-electron chi connectivity index (χ4n) is 1.96. The number of nitrogen functional groups attached to an aromatic ring is 1. The van der Waals surface area contributed by atoms with E-state index in [4.69, 9.17) is 5.73 Å². The van der Waals surface area contributed by atoms with Gasteiger partial charge >= 0.3 is 5.97 Å². The van der Waals surface area contributed by atoms with E-state index in [-0.39, 0.29) is 5.82 Å². The van der Waals surface area contributed by atoms with Crippen LogP contribution in [0.25, 0.3) is 0 Å². The fraction of sp³-hybridized carbons (Fsp3) is 0.636. The zero-order valence-electron chi connectivity index (χ0n) is 9.94. The van der Waals surface area contributed by atoms with Crippen LogP contribution >= 0.6 is 11.3 Å². The highest BCUT2D eigenvalue weighted by molar-refractivity contribution is 7.18. The molecule has 1 fully saturated rings. The maximum Gasteiger partial charge on any atom is 0.351 e. The van der Waals surface area contributed by atoms with Gasteiger partial charge in [-0.25, -0.2) is 9.78 Å². The number of nitrogens with zero attached hydrogens (tertiary/aromatic N) is 2. The molecule has 1 saturated heterocycles. The Morgan fingerprint density at radius 1 is 1.35 bits per heavy atom. The Morgan fingerprint density at radius 3 is 2.59 bits per heavy atom. The van der Waals surface area contributed by atoms with Crippen LogP contribution in [0.2, 0.25) is 0 Å². The molecule has 17 heavy (non-hydrogen) atoms. The molecule has 2 rings (SSSR count). The van der Waals surface area contributed by atoms with Crippen LogP contribution in [0.3, 0.4) is 0 Å². The highest BCUT2D eigenvalue weighted by atomic mass is 32.1. The first-order chi connectivity index (χ1) is 8.22. The van der Waals surface area contributed by atoms with Crippen LogP contribution < -0.4 is 10.6 Å². The molecule has 1 aliphatic heterocycles. The van der Waals surface area contributed by atoms with Crippen molar-refractivity contribution in [2.24, 2.45) is 0 Å². The maximum atomic E-state index is 11.4. The standard InChI is InChI=1S/C11H17N3O2S/c1-16-10(15)8-9(12)13-11(17-8)14-6-4-2-3-5-7-14/h2-7,12H2,1H3. The van der Waals surface area contributed by atoms with Crippen molar-refractivity contribution in [1.29, 1.82) is 0 Å². The summed E-state index contributed by atoms with van der Waals surface area (Å²) in [7, 11) is 1.35. The summed E-state index contributed by atoms with van der Waals surface area (Å²) >= 11 is 1.32. The molecule has 0 aliphatic carbocycles. The molecule has 0 radical (unpaired) electrons. The Balaban J connectivity index is 2.18. The van der Waals surface area contributed by atoms with Gasteiger partial charge in [0.25, 0.3) is 0 Å². The number of carbonyl (C=O) groups excluding carboxylic acids is 1. The number of aromatic nitrogens is 1. The SMILES string of the molecule is COC(=O)c1sc(N2CCCCCC2)nc1N. The second-order valence-corrected chi connectivity index (χ2v) is 5.08. The Kier molecular flexibility index (Phi) is 3.83. The van der Waals surface area contributed by atoms with Gasteiger partial charge in [0.15, 0.2) is 15.8 Å². The van der Waals surface area contributed by atoms with Gasteiger partial charge < -0.3 is 15.4 Å². The van der Waals surface area contributed by atoms with E-state index in [9.17, 15) is 4.79 Å². The molecule has 1 aromatic rings. The van der Waals surface area contributed by atoms with E-state index >= 15 is 0 Å². The van der Waals surface area contributed by atoms with E-state index < -0.39 is 5.97 Å². The molecule has 6 heteroatoms. The van der Waals surface area contributed by atoms with Crippen molar-refractivity contribution in [3.63, 3.8) is 0 Å². The Hall–Kier alpha value is -1.30. The number of nitrogens with two attached hydrogens (primary N) is 1. The van der Waals surface area contributed by atoms with E-state index in [1.807, 2.05) is 0 Å². The first kappa shape index (κ1) is 12.2. The minimum Gasteiger partial charge on any atom is -0.465 e. The van der Waals surface area contributed by atoms with Crippen molar-refractivity contribution >= 4 is 28.3 Å². The van der Waals surface area contributed by atoms with Gasteiger partial charge in [-0.1, -0.05) is 24.2 Å². The molecule has 0 unspecified atom stereocenters. The summed E-state index contributed by atoms with van der Waals surface area (Å²) in [5.74, 6) is -0.123. The second kappa shape index (κ2) is 5.35. The third-order valence-corrected chi connectivity index (χ3v) is 4.00. The van der Waals surface area contributed by atoms with Gasteiger partial charge in [-0.15, -0.1) is 0 Å². The number of thiazole rings is 1. The molecular weight excluding hydrogens is 238 g/mol. The average Bonchev–Trinajstić information content (AvgIpc) is 2.57. The quantitative estimate of drug-likeness (QED) is 0.817. The third kappa shape index (κ3) is 2.69. The lowest BCUT2D eigenvalue weighted by Crippen LogP contribution is -2.23. The molecule has 94 valence electrons. The molecule has 2 heterocycles. The lowest BCUT2D eigenvalue weighted by Gasteiger charge is -2.18. The number of hydrogen-bond donors (Lipinski definition) is 1. The monoisotopic (exact) mass is 255 g/mol. The number of ether oxygens (including phenoxy) is 1. The number of rotatable bonds is 2. The number of methoxy groups -OCH3 is 1. The average molecular weight is 255 g/mol. The molecule has 0 atom stereocenters. The molecule has 0 amide bonds. The molecule has 0 saturated carbocycles. The Labute approximate surface area is 105 Å². The van der Waals surface area contributed by atoms with Gasteiger partial charge in [0.05, 0.1) is 7.11 Å². The van der Waals surface area contributed by atoms with Crippen molar-refractivity contribution in [2.75, 3.05) is 30.8 Å². The largest absolute Gasteiger partial charge is 0.465 e. The summed E-state index contributed by atoms with van der Waals surface area (Å²) in [4.78, 5) is 18.3. The summed E-state index contributed by atoms with van der Waals surface area (Å²) in [6.45, 7) is 1.99. The predicted octanol–water partition coefficient (Wildman–Crippen LogP) is 1.89. The van der Waals surface area contributed by atoms with Crippen LogP contribution in [-0.4, -0.2) is 31.2 Å². The smallest absolute Gasteiger partial charge is 0.351 e.